The van der Waals surface area contributed by atoms with Gasteiger partial charge in [-0.3, -0.25) is 57.7 Å². The summed E-state index contributed by atoms with van der Waals surface area (Å²) >= 11 is 8.00. The Balaban J connectivity index is 0.000000201. The number of anilines is 6. The number of fused-ring (bicyclic) bond motifs is 6. The number of amides is 9. The molecule has 0 spiro atoms. The van der Waals surface area contributed by atoms with Crippen LogP contribution in [0.2, 0.25) is 0 Å². The number of nitrogens with two attached hydrogens (primary N) is 6. The maximum absolute atomic E-state index is 12.3. The molecule has 1 unspecified atom stereocenters. The molecule has 12 rings (SSSR count). The maximum Gasteiger partial charge on any atom is 0.410 e. The summed E-state index contributed by atoms with van der Waals surface area (Å²) in [7, 11) is -17.0. The number of urea groups is 1. The number of hydrogen-bond donors (Lipinski definition) is 13. The predicted octanol–water partition coefficient (Wildman–Crippen LogP) is 12.2. The second kappa shape index (κ2) is 44.3. The molecule has 0 radical (unpaired) electrons. The summed E-state index contributed by atoms with van der Waals surface area (Å²) < 4.78 is 134. The minimum absolute atomic E-state index is 0.0494. The van der Waals surface area contributed by atoms with Gasteiger partial charge in [-0.15, -0.1) is 68.0 Å². The van der Waals surface area contributed by atoms with Crippen LogP contribution in [0.1, 0.15) is 295 Å². The van der Waals surface area contributed by atoms with E-state index in [1.54, 1.807) is 11.8 Å². The fourth-order valence-electron chi connectivity index (χ4n) is 14.5. The van der Waals surface area contributed by atoms with Gasteiger partial charge in [0.15, 0.2) is 0 Å². The van der Waals surface area contributed by atoms with E-state index in [4.69, 9.17) is 39.1 Å². The van der Waals surface area contributed by atoms with Crippen molar-refractivity contribution in [3.63, 3.8) is 0 Å². The van der Waals surface area contributed by atoms with Gasteiger partial charge in [0.25, 0.3) is 35.4 Å². The van der Waals surface area contributed by atoms with E-state index >= 15 is 0 Å². The third-order valence-electron chi connectivity index (χ3n) is 19.8. The molecule has 0 aromatic carbocycles. The van der Waals surface area contributed by atoms with Crippen LogP contribution in [0.5, 0.6) is 0 Å². The lowest BCUT2D eigenvalue weighted by molar-refractivity contribution is 0.0226. The van der Waals surface area contributed by atoms with Gasteiger partial charge in [-0.2, -0.15) is 0 Å². The van der Waals surface area contributed by atoms with Crippen LogP contribution in [0.3, 0.4) is 0 Å². The highest BCUT2D eigenvalue weighted by atomic mass is 32.2. The average Bonchev–Trinajstić information content (AvgIpc) is 1.67. The summed E-state index contributed by atoms with van der Waals surface area (Å²) in [5.41, 5.74) is 39.7. The van der Waals surface area contributed by atoms with Gasteiger partial charge in [0, 0.05) is 42.4 Å². The van der Waals surface area contributed by atoms with Crippen LogP contribution in [0.4, 0.5) is 39.6 Å². The molecule has 6 aliphatic rings. The van der Waals surface area contributed by atoms with Crippen molar-refractivity contribution in [2.45, 2.75) is 247 Å². The van der Waals surface area contributed by atoms with E-state index in [0.717, 1.165) is 223 Å². The first-order chi connectivity index (χ1) is 56.6. The van der Waals surface area contributed by atoms with Gasteiger partial charge in [0.2, 0.25) is 50.1 Å². The number of aryl methyl sites for hydroxylation is 5. The molecular formula is C77H116N14O19S11. The van der Waals surface area contributed by atoms with Gasteiger partial charge in [-0.1, -0.05) is 66.7 Å². The molecule has 0 fully saturated rings. The molecule has 44 heteroatoms. The molecule has 674 valence electrons. The van der Waals surface area contributed by atoms with Crippen LogP contribution < -0.4 is 68.6 Å². The highest BCUT2D eigenvalue weighted by Crippen LogP contribution is 2.46. The minimum Gasteiger partial charge on any atom is -0.444 e. The van der Waals surface area contributed by atoms with Crippen molar-refractivity contribution < 1.29 is 85.2 Å². The number of sulfonamides is 5. The van der Waals surface area contributed by atoms with E-state index in [1.807, 2.05) is 48.5 Å². The number of nitrogens with one attached hydrogen (secondary N) is 7. The van der Waals surface area contributed by atoms with E-state index in [9.17, 15) is 80.4 Å². The number of carbonyl (C=O) groups is 8. The van der Waals surface area contributed by atoms with E-state index in [1.165, 1.54) is 68.0 Å². The molecule has 9 amide bonds. The molecule has 6 aromatic heterocycles. The van der Waals surface area contributed by atoms with Crippen LogP contribution in [0.25, 0.3) is 0 Å². The lowest BCUT2D eigenvalue weighted by atomic mass is 9.86. The Morgan fingerprint density at radius 3 is 1.11 bits per heavy atom. The van der Waals surface area contributed by atoms with Crippen molar-refractivity contribution in [2.75, 3.05) is 71.8 Å². The Morgan fingerprint density at radius 1 is 0.397 bits per heavy atom. The van der Waals surface area contributed by atoms with Gasteiger partial charge in [-0.05, 0) is 201 Å². The zero-order valence-electron chi connectivity index (χ0n) is 70.1. The number of primary amides is 6. The molecule has 5 aliphatic carbocycles. The molecule has 19 N–H and O–H groups in total. The molecule has 6 aromatic rings. The van der Waals surface area contributed by atoms with Crippen molar-refractivity contribution in [2.24, 2.45) is 34.4 Å². The van der Waals surface area contributed by atoms with Gasteiger partial charge in [0.1, 0.15) is 35.6 Å². The summed E-state index contributed by atoms with van der Waals surface area (Å²) in [4.78, 5) is 102. The molecule has 0 saturated carbocycles. The Morgan fingerprint density at radius 2 is 0.727 bits per heavy atom. The lowest BCUT2D eigenvalue weighted by Crippen LogP contribution is -2.39. The van der Waals surface area contributed by atoms with Crippen molar-refractivity contribution in [1.82, 2.24) is 10.2 Å². The van der Waals surface area contributed by atoms with Gasteiger partial charge in [0.05, 0.1) is 69.7 Å². The highest BCUT2D eigenvalue weighted by Gasteiger charge is 2.35. The van der Waals surface area contributed by atoms with Crippen LogP contribution in [-0.4, -0.2) is 143 Å². The predicted molar refractivity (Wildman–Crippen MR) is 486 cm³/mol. The van der Waals surface area contributed by atoms with Crippen molar-refractivity contribution in [1.29, 1.82) is 0 Å². The smallest absolute Gasteiger partial charge is 0.410 e. The molecule has 0 bridgehead atoms. The lowest BCUT2D eigenvalue weighted by Gasteiger charge is -2.30. The van der Waals surface area contributed by atoms with E-state index in [0.29, 0.717) is 109 Å². The Hall–Kier alpha value is -7.69. The van der Waals surface area contributed by atoms with Crippen LogP contribution in [-0.2, 0) is 126 Å². The van der Waals surface area contributed by atoms with Gasteiger partial charge in [-0.25, -0.2) is 51.7 Å². The first-order valence-corrected chi connectivity index (χ1v) is 53.9. The summed E-state index contributed by atoms with van der Waals surface area (Å²) in [6.45, 7) is 16.5. The Kier molecular flexibility index (Phi) is 36.7. The summed E-state index contributed by atoms with van der Waals surface area (Å²) in [5.74, 6) is -2.89. The molecular weight excluding hydrogens is 1780 g/mol. The van der Waals surface area contributed by atoms with Crippen LogP contribution >= 0.6 is 68.0 Å². The molecule has 33 nitrogen and oxygen atoms in total. The summed E-state index contributed by atoms with van der Waals surface area (Å²) in [6.07, 6.45) is 25.7. The Labute approximate surface area is 734 Å². The highest BCUT2D eigenvalue weighted by molar-refractivity contribution is 7.93. The number of nitrogens with zero attached hydrogens (tertiary/aromatic N) is 1. The third kappa shape index (κ3) is 29.2. The monoisotopic (exact) mass is 1890 g/mol. The minimum atomic E-state index is -3.41. The molecule has 1 aliphatic heterocycles. The second-order valence-electron chi connectivity index (χ2n) is 31.1. The zero-order valence-corrected chi connectivity index (χ0v) is 79.1. The summed E-state index contributed by atoms with van der Waals surface area (Å²) in [5, 5.41) is 7.83. The van der Waals surface area contributed by atoms with E-state index < -0.39 is 97.3 Å². The normalized spacial score (nSPS) is 15.4. The molecule has 121 heavy (non-hydrogen) atoms. The average molecular weight is 1890 g/mol. The zero-order chi connectivity index (χ0) is 89.9. The second-order valence-corrected chi connectivity index (χ2v) is 46.7. The first-order valence-electron chi connectivity index (χ1n) is 40.3. The van der Waals surface area contributed by atoms with Crippen LogP contribution in [0, 0.1) is 0 Å². The van der Waals surface area contributed by atoms with E-state index in [-0.39, 0.29) is 29.2 Å². The number of carbonyl (C=O) groups excluding carboxylic acids is 8. The largest absolute Gasteiger partial charge is 0.444 e. The first kappa shape index (κ1) is 100. The van der Waals surface area contributed by atoms with Gasteiger partial charge < -0.3 is 49.4 Å². The summed E-state index contributed by atoms with van der Waals surface area (Å²) in [6, 6.07) is -0.367. The van der Waals surface area contributed by atoms with E-state index in [2.05, 4.69) is 34.2 Å². The van der Waals surface area contributed by atoms with Crippen molar-refractivity contribution in [3.8, 4) is 0 Å². The van der Waals surface area contributed by atoms with Crippen molar-refractivity contribution in [3.05, 3.63) is 96.0 Å². The quantitative estimate of drug-likeness (QED) is 0.0160. The van der Waals surface area contributed by atoms with Crippen molar-refractivity contribution >= 4 is 196 Å². The topological polar surface area (TPSA) is 560 Å². The molecule has 0 saturated heterocycles. The maximum atomic E-state index is 12.3. The third-order valence-corrected chi connectivity index (χ3v) is 32.9. The van der Waals surface area contributed by atoms with Crippen LogP contribution in [0.15, 0.2) is 0 Å². The Bertz CT molecular complexity index is 5360. The number of rotatable bonds is 28. The SMILES string of the molecule is CC1CCCc2sc(NS(C)(=O)=O)c(C(N)=O)c21.CCCCNC(=O)Nc1sc2c(c1C(N)=O)CCN(C(=O)OC(C)(C)C)C2.CCCCS(=O)(=O)Nc1sc2c(c1C(N)=O)CCC2.CCCCS(=O)(=O)Nc1sc2c(c1C(N)=O)CCCCC2.CCCS(=O)(=O)Nc1sc2c(c1C(N)=O)CCC2.CS(=O)(=O)Nc1sc2c(c1C(N)=O)CCCCC2. The number of thiophene rings is 6. The van der Waals surface area contributed by atoms with Gasteiger partial charge >= 0.3 is 12.1 Å². The number of ether oxygens (including phenoxy) is 1. The molecule has 7 heterocycles. The fraction of sp³-hybridized carbons (Fsp3) is 0.584. The number of hydrogen-bond acceptors (Lipinski definition) is 25. The standard InChI is InChI=1S/C18H28N4O4S.C14H22N2O3S2.C12H18N2O3S2.3C11H16N2O3S2/c1-5-6-8-20-16(24)21-15-13(14(19)23)11-7-9-22(10-12(11)27-15)17(25)26-18(2,3)4;1-2-3-9-21(18,19)16-14-12(13(15)17)10-7-5-4-6-8-11(10)20-14;1-2-3-7-19(16,17)14-12-10(11(13)15)8-5-4-6-9(8)18-12;1-6-4-3-5-7-8(6)9(10(12)14)11(17-7)13-18(2,15)16;1-18(15,16)13-11-9(10(12)14)7-5-3-2-4-6-8(7)17-11;1-2-6-18(15,16)13-11-9(10(12)14)7-4-3-5-8(7)17-11/h5-10H2,1-4H3,(H2,19,23)(H2,20,21,24);16H,2-9H2,1H3,(H2,15,17);14H,2-7H2,1H3,(H2,13,15);6,13H,3-5H2,1-2H3,(H2,12,14);2*13H,2-6H2,1H3,(H2,12,14). The fourth-order valence-corrected chi connectivity index (χ4v) is 28.6. The number of unbranched alkanes of at least 4 members (excludes halogenated alkanes) is 3. The molecule has 1 atom stereocenters.